The van der Waals surface area contributed by atoms with Crippen LogP contribution in [-0.4, -0.2) is 23.7 Å². The second-order valence-electron chi connectivity index (χ2n) is 9.32. The van der Waals surface area contributed by atoms with E-state index < -0.39 is 47.2 Å². The third kappa shape index (κ3) is 8.43. The molecule has 2 aromatic rings. The number of ether oxygens (including phenoxy) is 1. The molecular weight excluding hydrogens is 512 g/mol. The fraction of sp³-hybridized carbons (Fsp3) is 0.440. The van der Waals surface area contributed by atoms with Crippen LogP contribution in [-0.2, 0) is 26.9 Å². The molecule has 2 rings (SSSR count). The third-order valence-electron chi connectivity index (χ3n) is 5.22. The van der Waals surface area contributed by atoms with Crippen molar-refractivity contribution in [2.24, 2.45) is 5.92 Å². The lowest BCUT2D eigenvalue weighted by Crippen LogP contribution is -2.34. The van der Waals surface area contributed by atoms with Crippen LogP contribution >= 0.6 is 11.6 Å². The van der Waals surface area contributed by atoms with Gasteiger partial charge in [-0.1, -0.05) is 36.7 Å². The van der Waals surface area contributed by atoms with Crippen LogP contribution in [0.5, 0.6) is 0 Å². The second kappa shape index (κ2) is 11.1. The average molecular weight is 538 g/mol. The van der Waals surface area contributed by atoms with Crippen LogP contribution in [0.2, 0.25) is 5.02 Å². The topological polar surface area (TPSA) is 55.4 Å². The zero-order valence-electron chi connectivity index (χ0n) is 20.0. The fourth-order valence-corrected chi connectivity index (χ4v) is 3.57. The van der Waals surface area contributed by atoms with Crippen molar-refractivity contribution in [2.75, 3.05) is 5.32 Å². The first-order chi connectivity index (χ1) is 16.4. The van der Waals surface area contributed by atoms with E-state index in [4.69, 9.17) is 16.3 Å². The minimum Gasteiger partial charge on any atom is -0.460 e. The summed E-state index contributed by atoms with van der Waals surface area (Å²) in [5, 5.41) is 2.40. The summed E-state index contributed by atoms with van der Waals surface area (Å²) in [5.41, 5.74) is -1.38. The van der Waals surface area contributed by atoms with Gasteiger partial charge in [0.15, 0.2) is 0 Å². The number of hydrogen-bond acceptors (Lipinski definition) is 3. The Balaban J connectivity index is 2.29. The van der Waals surface area contributed by atoms with Gasteiger partial charge in [-0.05, 0) is 62.6 Å². The van der Waals surface area contributed by atoms with Crippen molar-refractivity contribution in [3.63, 3.8) is 0 Å². The summed E-state index contributed by atoms with van der Waals surface area (Å²) in [6.45, 7) is 5.93. The van der Waals surface area contributed by atoms with Crippen molar-refractivity contribution in [3.8, 4) is 0 Å². The van der Waals surface area contributed by atoms with Crippen molar-refractivity contribution < 1.29 is 40.7 Å². The number of halogens is 7. The molecule has 1 N–H and O–H groups in total. The Hall–Kier alpha value is -2.75. The number of amides is 1. The Morgan fingerprint density at radius 2 is 1.56 bits per heavy atom. The molecule has 0 aromatic heterocycles. The van der Waals surface area contributed by atoms with Gasteiger partial charge >= 0.3 is 18.3 Å². The van der Waals surface area contributed by atoms with Gasteiger partial charge < -0.3 is 10.1 Å². The van der Waals surface area contributed by atoms with Gasteiger partial charge in [0.25, 0.3) is 0 Å². The summed E-state index contributed by atoms with van der Waals surface area (Å²) >= 11 is 6.13. The number of carbonyl (C=O) groups excluding carboxylic acids is 2. The molecule has 0 heterocycles. The Bertz CT molecular complexity index is 1080. The lowest BCUT2D eigenvalue weighted by Gasteiger charge is -2.26. The molecule has 0 bridgehead atoms. The molecule has 11 heteroatoms. The summed E-state index contributed by atoms with van der Waals surface area (Å²) in [7, 11) is 0. The largest absolute Gasteiger partial charge is 0.460 e. The van der Waals surface area contributed by atoms with E-state index in [0.717, 1.165) is 19.1 Å². The monoisotopic (exact) mass is 537 g/mol. The fourth-order valence-electron chi connectivity index (χ4n) is 3.41. The molecule has 0 fully saturated rings. The Labute approximate surface area is 210 Å². The highest BCUT2D eigenvalue weighted by Crippen LogP contribution is 2.39. The highest BCUT2D eigenvalue weighted by Gasteiger charge is 2.45. The van der Waals surface area contributed by atoms with Crippen LogP contribution in [0.15, 0.2) is 42.5 Å². The van der Waals surface area contributed by atoms with Crippen molar-refractivity contribution in [1.29, 1.82) is 0 Å². The number of esters is 1. The summed E-state index contributed by atoms with van der Waals surface area (Å²) in [5.74, 6) is -5.59. The van der Waals surface area contributed by atoms with Gasteiger partial charge in [0.05, 0.1) is 28.1 Å². The number of hydrogen-bond donors (Lipinski definition) is 1. The number of alkyl halides is 6. The van der Waals surface area contributed by atoms with E-state index in [-0.39, 0.29) is 29.1 Å². The summed E-state index contributed by atoms with van der Waals surface area (Å²) < 4.78 is 84.6. The smallest absolute Gasteiger partial charge is 0.416 e. The molecule has 2 atom stereocenters. The molecule has 36 heavy (non-hydrogen) atoms. The lowest BCUT2D eigenvalue weighted by atomic mass is 9.85. The minimum absolute atomic E-state index is 0.00893. The maximum absolute atomic E-state index is 13.6. The zero-order valence-corrected chi connectivity index (χ0v) is 20.7. The quantitative estimate of drug-likeness (QED) is 0.293. The van der Waals surface area contributed by atoms with Crippen LogP contribution < -0.4 is 5.32 Å². The Morgan fingerprint density at radius 1 is 0.972 bits per heavy atom. The number of carbonyl (C=O) groups is 2. The minimum atomic E-state index is -4.80. The Morgan fingerprint density at radius 3 is 2.06 bits per heavy atom. The number of anilines is 1. The van der Waals surface area contributed by atoms with E-state index in [1.54, 1.807) is 26.8 Å². The first-order valence-corrected chi connectivity index (χ1v) is 11.3. The van der Waals surface area contributed by atoms with Gasteiger partial charge in [0.1, 0.15) is 5.60 Å². The summed E-state index contributed by atoms with van der Waals surface area (Å²) in [4.78, 5) is 25.0. The van der Waals surface area contributed by atoms with Gasteiger partial charge in [-0.25, -0.2) is 0 Å². The average Bonchev–Trinajstić information content (AvgIpc) is 2.72. The maximum Gasteiger partial charge on any atom is 0.416 e. The summed E-state index contributed by atoms with van der Waals surface area (Å²) in [6.07, 6.45) is -9.25. The highest BCUT2D eigenvalue weighted by molar-refractivity contribution is 6.33. The van der Waals surface area contributed by atoms with Gasteiger partial charge in [-0.3, -0.25) is 9.59 Å². The molecule has 0 aliphatic heterocycles. The molecule has 4 nitrogen and oxygen atoms in total. The van der Waals surface area contributed by atoms with E-state index in [1.807, 2.05) is 0 Å². The molecular formula is C25H26ClF6NO3. The zero-order chi connectivity index (χ0) is 27.5. The van der Waals surface area contributed by atoms with Crippen LogP contribution in [0.3, 0.4) is 0 Å². The molecule has 198 valence electrons. The van der Waals surface area contributed by atoms with Gasteiger partial charge in [0.2, 0.25) is 5.91 Å². The Kier molecular flexibility index (Phi) is 9.10. The van der Waals surface area contributed by atoms with Crippen LogP contribution in [0.1, 0.15) is 56.7 Å². The van der Waals surface area contributed by atoms with E-state index in [9.17, 15) is 35.9 Å². The molecule has 0 aliphatic rings. The molecule has 0 aliphatic carbocycles. The number of nitrogens with one attached hydrogen (secondary N) is 1. The van der Waals surface area contributed by atoms with Crippen molar-refractivity contribution >= 4 is 29.2 Å². The molecule has 1 amide bonds. The van der Waals surface area contributed by atoms with Crippen LogP contribution in [0.25, 0.3) is 0 Å². The van der Waals surface area contributed by atoms with E-state index in [1.165, 1.54) is 12.1 Å². The standard InChI is InChI=1S/C25H26ClF6NO3/c1-14(24(27,28)29)21(16-7-9-17(10-8-16)25(30,31)32)22(35)33-19-13-15(5-11-18(19)26)6-12-20(34)36-23(2,3)4/h5,7-11,13-14,21H,6,12H2,1-4H3,(H,33,35)/t14-,21+/m1/s1. The number of rotatable bonds is 7. The second-order valence-corrected chi connectivity index (χ2v) is 9.72. The van der Waals surface area contributed by atoms with E-state index in [2.05, 4.69) is 5.32 Å². The lowest BCUT2D eigenvalue weighted by molar-refractivity contribution is -0.178. The van der Waals surface area contributed by atoms with E-state index in [0.29, 0.717) is 17.7 Å². The SMILES string of the molecule is C[C@H]([C@H](C(=O)Nc1cc(CCC(=O)OC(C)(C)C)ccc1Cl)c1ccc(C(F)(F)F)cc1)C(F)(F)F. The third-order valence-corrected chi connectivity index (χ3v) is 5.55. The normalized spacial score (nSPS) is 14.2. The first kappa shape index (κ1) is 29.5. The van der Waals surface area contributed by atoms with Gasteiger partial charge in [0, 0.05) is 6.42 Å². The molecule has 0 spiro atoms. The predicted octanol–water partition coefficient (Wildman–Crippen LogP) is 7.55. The van der Waals surface area contributed by atoms with Crippen molar-refractivity contribution in [2.45, 2.75) is 64.4 Å². The first-order valence-electron chi connectivity index (χ1n) is 10.9. The number of benzene rings is 2. The van der Waals surface area contributed by atoms with Crippen molar-refractivity contribution in [3.05, 3.63) is 64.2 Å². The molecule has 0 radical (unpaired) electrons. The number of aryl methyl sites for hydroxylation is 1. The predicted molar refractivity (Wildman–Crippen MR) is 124 cm³/mol. The highest BCUT2D eigenvalue weighted by atomic mass is 35.5. The van der Waals surface area contributed by atoms with Gasteiger partial charge in [-0.2, -0.15) is 26.3 Å². The van der Waals surface area contributed by atoms with Crippen LogP contribution in [0.4, 0.5) is 32.0 Å². The van der Waals surface area contributed by atoms with E-state index >= 15 is 0 Å². The molecule has 2 aromatic carbocycles. The van der Waals surface area contributed by atoms with Gasteiger partial charge in [-0.15, -0.1) is 0 Å². The molecule has 0 saturated carbocycles. The molecule has 0 unspecified atom stereocenters. The summed E-state index contributed by atoms with van der Waals surface area (Å²) in [6, 6.07) is 7.40. The molecule has 0 saturated heterocycles. The van der Waals surface area contributed by atoms with Crippen LogP contribution in [0, 0.1) is 5.92 Å². The maximum atomic E-state index is 13.6. The van der Waals surface area contributed by atoms with Crippen molar-refractivity contribution in [1.82, 2.24) is 0 Å².